The van der Waals surface area contributed by atoms with Gasteiger partial charge in [-0.15, -0.1) is 0 Å². The number of aromatic nitrogens is 2. The molecule has 0 aliphatic carbocycles. The van der Waals surface area contributed by atoms with E-state index in [2.05, 4.69) is 0 Å². The summed E-state index contributed by atoms with van der Waals surface area (Å²) in [6.45, 7) is -0.619. The van der Waals surface area contributed by atoms with Crippen molar-refractivity contribution >= 4 is 5.97 Å². The molecule has 2 aromatic rings. The molecule has 0 radical (unpaired) electrons. The van der Waals surface area contributed by atoms with E-state index in [0.717, 1.165) is 16.8 Å². The fourth-order valence-corrected chi connectivity index (χ4v) is 2.87. The van der Waals surface area contributed by atoms with Gasteiger partial charge in [-0.3, -0.25) is 14.3 Å². The average Bonchev–Trinajstić information content (AvgIpc) is 3.05. The number of nitrogens with one attached hydrogen (secondary N) is 1. The summed E-state index contributed by atoms with van der Waals surface area (Å²) < 4.78 is 51.2. The van der Waals surface area contributed by atoms with Gasteiger partial charge in [-0.25, -0.2) is 9.59 Å². The molecule has 3 rings (SSSR count). The van der Waals surface area contributed by atoms with E-state index >= 15 is 0 Å². The number of carbonyl (C=O) groups excluding carboxylic acids is 1. The van der Waals surface area contributed by atoms with E-state index < -0.39 is 54.7 Å². The Labute approximate surface area is 150 Å². The zero-order valence-corrected chi connectivity index (χ0v) is 13.8. The smallest absolute Gasteiger partial charge is 0.394 e. The van der Waals surface area contributed by atoms with Gasteiger partial charge in [-0.1, -0.05) is 18.2 Å². The molecule has 2 heterocycles. The Kier molecular flexibility index (Phi) is 5.17. The quantitative estimate of drug-likeness (QED) is 0.813. The second-order valence-electron chi connectivity index (χ2n) is 5.99. The van der Waals surface area contributed by atoms with E-state index in [-0.39, 0.29) is 5.56 Å². The van der Waals surface area contributed by atoms with Crippen molar-refractivity contribution in [1.82, 2.24) is 9.55 Å². The van der Waals surface area contributed by atoms with E-state index in [0.29, 0.717) is 0 Å². The molecular formula is C17H15F3N2O5. The Bertz CT molecular complexity index is 922. The molecule has 3 atom stereocenters. The largest absolute Gasteiger partial charge is 0.459 e. The van der Waals surface area contributed by atoms with Gasteiger partial charge in [0.2, 0.25) is 0 Å². The fourth-order valence-electron chi connectivity index (χ4n) is 2.87. The van der Waals surface area contributed by atoms with Crippen molar-refractivity contribution in [2.75, 3.05) is 6.61 Å². The Morgan fingerprint density at radius 1 is 1.22 bits per heavy atom. The average molecular weight is 384 g/mol. The number of hydrogen-bond acceptors (Lipinski definition) is 5. The monoisotopic (exact) mass is 384 g/mol. The maximum absolute atomic E-state index is 13.3. The molecule has 27 heavy (non-hydrogen) atoms. The van der Waals surface area contributed by atoms with Crippen LogP contribution in [0.1, 0.15) is 23.0 Å². The molecule has 1 N–H and O–H groups in total. The highest BCUT2D eigenvalue weighted by atomic mass is 19.4. The summed E-state index contributed by atoms with van der Waals surface area (Å²) in [5.41, 5.74) is -1.35. The van der Waals surface area contributed by atoms with Gasteiger partial charge in [0.25, 0.3) is 5.56 Å². The summed E-state index contributed by atoms with van der Waals surface area (Å²) in [6, 6.07) is 8.84. The van der Waals surface area contributed by atoms with Crippen LogP contribution in [0, 0.1) is 5.92 Å². The molecule has 1 aromatic carbocycles. The third-order valence-corrected chi connectivity index (χ3v) is 4.21. The Morgan fingerprint density at radius 3 is 2.56 bits per heavy atom. The molecule has 7 nitrogen and oxygen atoms in total. The van der Waals surface area contributed by atoms with Crippen molar-refractivity contribution in [3.05, 3.63) is 69.0 Å². The van der Waals surface area contributed by atoms with E-state index in [1.807, 2.05) is 4.98 Å². The highest BCUT2D eigenvalue weighted by molar-refractivity contribution is 5.89. The lowest BCUT2D eigenvalue weighted by Crippen LogP contribution is -2.34. The van der Waals surface area contributed by atoms with Crippen molar-refractivity contribution in [3.8, 4) is 0 Å². The second kappa shape index (κ2) is 7.39. The van der Waals surface area contributed by atoms with Crippen molar-refractivity contribution in [3.63, 3.8) is 0 Å². The number of ether oxygens (including phenoxy) is 2. The number of H-pyrrole nitrogens is 1. The second-order valence-corrected chi connectivity index (χ2v) is 5.99. The lowest BCUT2D eigenvalue weighted by Gasteiger charge is -2.20. The first-order chi connectivity index (χ1) is 12.8. The number of halogens is 3. The van der Waals surface area contributed by atoms with Gasteiger partial charge >= 0.3 is 17.8 Å². The summed E-state index contributed by atoms with van der Waals surface area (Å²) in [5.74, 6) is -2.70. The Balaban J connectivity index is 1.75. The lowest BCUT2D eigenvalue weighted by molar-refractivity contribution is -0.191. The summed E-state index contributed by atoms with van der Waals surface area (Å²) in [7, 11) is 0. The first-order valence-corrected chi connectivity index (χ1v) is 8.01. The number of alkyl halides is 3. The minimum absolute atomic E-state index is 0.201. The third-order valence-electron chi connectivity index (χ3n) is 4.21. The Morgan fingerprint density at radius 2 is 1.93 bits per heavy atom. The molecule has 1 aliphatic heterocycles. The van der Waals surface area contributed by atoms with Gasteiger partial charge in [0.15, 0.2) is 0 Å². The van der Waals surface area contributed by atoms with E-state index in [1.54, 1.807) is 18.2 Å². The highest BCUT2D eigenvalue weighted by Gasteiger charge is 2.52. The van der Waals surface area contributed by atoms with Crippen LogP contribution in [0.5, 0.6) is 0 Å². The number of carbonyl (C=O) groups is 1. The summed E-state index contributed by atoms with van der Waals surface area (Å²) >= 11 is 0. The molecule has 0 spiro atoms. The zero-order chi connectivity index (χ0) is 19.6. The normalized spacial score (nSPS) is 22.6. The molecule has 0 amide bonds. The van der Waals surface area contributed by atoms with Gasteiger partial charge in [-0.05, 0) is 12.1 Å². The predicted molar refractivity (Wildman–Crippen MR) is 86.1 cm³/mol. The van der Waals surface area contributed by atoms with Crippen LogP contribution < -0.4 is 11.2 Å². The van der Waals surface area contributed by atoms with E-state index in [9.17, 15) is 27.6 Å². The summed E-state index contributed by atoms with van der Waals surface area (Å²) in [4.78, 5) is 36.8. The number of hydrogen-bond donors (Lipinski definition) is 1. The zero-order valence-electron chi connectivity index (χ0n) is 13.8. The maximum Gasteiger partial charge on any atom is 0.394 e. The number of aromatic amines is 1. The van der Waals surface area contributed by atoms with Gasteiger partial charge in [0.05, 0.1) is 11.5 Å². The number of esters is 1. The van der Waals surface area contributed by atoms with Crippen LogP contribution in [0.2, 0.25) is 0 Å². The number of nitrogens with zero attached hydrogens (tertiary/aromatic N) is 1. The maximum atomic E-state index is 13.3. The molecule has 1 aliphatic rings. The van der Waals surface area contributed by atoms with Crippen LogP contribution in [0.4, 0.5) is 13.2 Å². The molecule has 0 unspecified atom stereocenters. The highest BCUT2D eigenvalue weighted by Crippen LogP contribution is 2.42. The van der Waals surface area contributed by atoms with Crippen molar-refractivity contribution in [2.45, 2.75) is 24.9 Å². The summed E-state index contributed by atoms with van der Waals surface area (Å²) in [6.07, 6.45) is -6.78. The van der Waals surface area contributed by atoms with Gasteiger partial charge < -0.3 is 9.47 Å². The first kappa shape index (κ1) is 18.9. The van der Waals surface area contributed by atoms with Crippen LogP contribution in [0.25, 0.3) is 0 Å². The van der Waals surface area contributed by atoms with Crippen molar-refractivity contribution < 1.29 is 27.4 Å². The van der Waals surface area contributed by atoms with E-state index in [1.165, 1.54) is 12.1 Å². The minimum Gasteiger partial charge on any atom is -0.459 e. The molecule has 0 saturated carbocycles. The van der Waals surface area contributed by atoms with Crippen molar-refractivity contribution in [1.29, 1.82) is 0 Å². The first-order valence-electron chi connectivity index (χ1n) is 8.01. The topological polar surface area (TPSA) is 90.4 Å². The molecular weight excluding hydrogens is 369 g/mol. The number of rotatable bonds is 4. The molecule has 1 aromatic heterocycles. The molecule has 1 fully saturated rings. The predicted octanol–water partition coefficient (Wildman–Crippen LogP) is 1.86. The molecule has 1 saturated heterocycles. The number of benzene rings is 1. The molecule has 0 bridgehead atoms. The van der Waals surface area contributed by atoms with Crippen molar-refractivity contribution in [2.24, 2.45) is 5.92 Å². The fraction of sp³-hybridized carbons (Fsp3) is 0.353. The standard InChI is InChI=1S/C17H15F3N2O5/c18-17(19,20)11-8-14(22-7-6-13(23)21-16(22)25)27-12(11)9-26-15(24)10-4-2-1-3-5-10/h1-7,11-12,14H,8-9H2,(H,21,23,25)/t11-,12+,14+/m0/s1. The Hall–Kier alpha value is -2.88. The van der Waals surface area contributed by atoms with Crippen LogP contribution >= 0.6 is 0 Å². The molecule has 144 valence electrons. The summed E-state index contributed by atoms with van der Waals surface area (Å²) in [5, 5.41) is 0. The minimum atomic E-state index is -4.61. The SMILES string of the molecule is O=C(OC[C@H]1O[C@@H](n2ccc(=O)[nH]c2=O)C[C@@H]1C(F)(F)F)c1ccccc1. The van der Waals surface area contributed by atoms with Crippen LogP contribution in [-0.4, -0.2) is 34.4 Å². The van der Waals surface area contributed by atoms with Gasteiger partial charge in [0.1, 0.15) is 18.9 Å². The third kappa shape index (κ3) is 4.27. The van der Waals surface area contributed by atoms with Crippen LogP contribution in [-0.2, 0) is 9.47 Å². The van der Waals surface area contributed by atoms with E-state index in [4.69, 9.17) is 9.47 Å². The molecule has 10 heteroatoms. The van der Waals surface area contributed by atoms with Crippen LogP contribution in [0.15, 0.2) is 52.2 Å². The van der Waals surface area contributed by atoms with Gasteiger partial charge in [-0.2, -0.15) is 13.2 Å². The van der Waals surface area contributed by atoms with Gasteiger partial charge in [0, 0.05) is 18.7 Å². The lowest BCUT2D eigenvalue weighted by atomic mass is 10.0. The van der Waals surface area contributed by atoms with Crippen LogP contribution in [0.3, 0.4) is 0 Å².